The summed E-state index contributed by atoms with van der Waals surface area (Å²) in [5.41, 5.74) is 6.24. The Balaban J connectivity index is 3.25. The summed E-state index contributed by atoms with van der Waals surface area (Å²) < 4.78 is 0. The lowest BCUT2D eigenvalue weighted by Crippen LogP contribution is -1.99. The fraction of sp³-hybridized carbons (Fsp3) is 0.700. The first-order chi connectivity index (χ1) is 5.66. The second-order valence-electron chi connectivity index (χ2n) is 3.16. The van der Waals surface area contributed by atoms with Gasteiger partial charge in [0.05, 0.1) is 0 Å². The molecular weight excluding hydrogens is 148 g/mol. The molecule has 0 radical (unpaired) electrons. The maximum atomic E-state index is 5.44. The molecule has 0 bridgehead atoms. The lowest BCUT2D eigenvalue weighted by Gasteiger charge is -2.04. The van der Waals surface area contributed by atoms with Crippen molar-refractivity contribution in [3.8, 4) is 0 Å². The van der Waals surface area contributed by atoms with Crippen LogP contribution in [-0.4, -0.2) is 12.3 Å². The van der Waals surface area contributed by atoms with Gasteiger partial charge in [0, 0.05) is 11.7 Å². The summed E-state index contributed by atoms with van der Waals surface area (Å²) in [5.74, 6) is 0. The van der Waals surface area contributed by atoms with E-state index in [1.54, 1.807) is 0 Å². The average Bonchev–Trinajstić information content (AvgIpc) is 1.98. The van der Waals surface area contributed by atoms with E-state index in [1.165, 1.54) is 6.42 Å². The molecule has 2 N–H and O–H groups in total. The minimum atomic E-state index is 0.459. The van der Waals surface area contributed by atoms with E-state index < -0.39 is 0 Å². The molecule has 0 aliphatic rings. The maximum absolute atomic E-state index is 5.44. The van der Waals surface area contributed by atoms with Crippen molar-refractivity contribution < 1.29 is 0 Å². The summed E-state index contributed by atoms with van der Waals surface area (Å²) in [6.07, 6.45) is 6.29. The van der Waals surface area contributed by atoms with Crippen molar-refractivity contribution in [1.82, 2.24) is 0 Å². The van der Waals surface area contributed by atoms with Gasteiger partial charge in [0.1, 0.15) is 0 Å². The Kier molecular flexibility index (Phi) is 6.44. The highest BCUT2D eigenvalue weighted by molar-refractivity contribution is 5.53. The monoisotopic (exact) mass is 168 g/mol. The Morgan fingerprint density at radius 3 is 2.75 bits per heavy atom. The normalized spacial score (nSPS) is 13.5. The van der Waals surface area contributed by atoms with E-state index in [-0.39, 0.29) is 0 Å². The molecule has 2 nitrogen and oxygen atoms in total. The first-order valence-electron chi connectivity index (χ1n) is 4.58. The van der Waals surface area contributed by atoms with Crippen LogP contribution in [0.4, 0.5) is 0 Å². The Morgan fingerprint density at radius 2 is 2.25 bits per heavy atom. The molecule has 0 amide bonds. The van der Waals surface area contributed by atoms with Gasteiger partial charge >= 0.3 is 0 Å². The van der Waals surface area contributed by atoms with Crippen molar-refractivity contribution in [2.45, 2.75) is 45.6 Å². The van der Waals surface area contributed by atoms with Gasteiger partial charge in [0.2, 0.25) is 0 Å². The zero-order chi connectivity index (χ0) is 9.40. The molecule has 0 heterocycles. The van der Waals surface area contributed by atoms with Crippen molar-refractivity contribution in [3.05, 3.63) is 12.3 Å². The zero-order valence-electron chi connectivity index (χ0n) is 8.21. The van der Waals surface area contributed by atoms with Gasteiger partial charge in [0.15, 0.2) is 0 Å². The predicted octanol–water partition coefficient (Wildman–Crippen LogP) is 2.50. The Bertz CT molecular complexity index is 150. The van der Waals surface area contributed by atoms with Gasteiger partial charge in [-0.25, -0.2) is 0 Å². The van der Waals surface area contributed by atoms with Crippen LogP contribution in [0.3, 0.4) is 0 Å². The fourth-order valence-electron chi connectivity index (χ4n) is 1.12. The van der Waals surface area contributed by atoms with E-state index in [0.29, 0.717) is 6.04 Å². The largest absolute Gasteiger partial charge is 0.403 e. The molecule has 0 aliphatic heterocycles. The summed E-state index contributed by atoms with van der Waals surface area (Å²) in [4.78, 5) is 4.26. The summed E-state index contributed by atoms with van der Waals surface area (Å²) in [6, 6.07) is 0.459. The van der Waals surface area contributed by atoms with Crippen LogP contribution < -0.4 is 5.73 Å². The quantitative estimate of drug-likeness (QED) is 0.480. The van der Waals surface area contributed by atoms with Gasteiger partial charge in [-0.3, -0.25) is 4.99 Å². The summed E-state index contributed by atoms with van der Waals surface area (Å²) in [6.45, 7) is 7.75. The minimum Gasteiger partial charge on any atom is -0.403 e. The van der Waals surface area contributed by atoms with Gasteiger partial charge in [-0.2, -0.15) is 0 Å². The SMILES string of the molecule is C=C(N)CCCCC(C)/N=C\C. The van der Waals surface area contributed by atoms with Crippen LogP contribution in [0.25, 0.3) is 0 Å². The molecular formula is C10H20N2. The van der Waals surface area contributed by atoms with Crippen molar-refractivity contribution in [3.63, 3.8) is 0 Å². The predicted molar refractivity (Wildman–Crippen MR) is 55.4 cm³/mol. The van der Waals surface area contributed by atoms with Crippen LogP contribution in [0, 0.1) is 0 Å². The number of rotatable bonds is 6. The molecule has 0 fully saturated rings. The molecule has 0 saturated heterocycles. The number of unbranched alkanes of at least 4 members (excludes halogenated alkanes) is 1. The maximum Gasteiger partial charge on any atom is 0.0467 e. The van der Waals surface area contributed by atoms with E-state index in [0.717, 1.165) is 25.0 Å². The highest BCUT2D eigenvalue weighted by Gasteiger charge is 1.96. The highest BCUT2D eigenvalue weighted by atomic mass is 14.7. The molecule has 0 aromatic rings. The number of hydrogen-bond acceptors (Lipinski definition) is 2. The number of nitrogens with zero attached hydrogens (tertiary/aromatic N) is 1. The van der Waals surface area contributed by atoms with Crippen molar-refractivity contribution >= 4 is 6.21 Å². The van der Waals surface area contributed by atoms with Crippen LogP contribution in [0.5, 0.6) is 0 Å². The van der Waals surface area contributed by atoms with Crippen LogP contribution in [0.2, 0.25) is 0 Å². The first kappa shape index (κ1) is 11.2. The molecule has 0 aromatic heterocycles. The molecule has 1 atom stereocenters. The second kappa shape index (κ2) is 6.89. The third-order valence-corrected chi connectivity index (χ3v) is 1.77. The third kappa shape index (κ3) is 7.32. The average molecular weight is 168 g/mol. The number of hydrogen-bond donors (Lipinski definition) is 1. The summed E-state index contributed by atoms with van der Waals surface area (Å²) in [7, 11) is 0. The van der Waals surface area contributed by atoms with Crippen LogP contribution in [-0.2, 0) is 0 Å². The smallest absolute Gasteiger partial charge is 0.0467 e. The zero-order valence-corrected chi connectivity index (χ0v) is 8.21. The summed E-state index contributed by atoms with van der Waals surface area (Å²) in [5, 5.41) is 0. The van der Waals surface area contributed by atoms with Gasteiger partial charge in [-0.05, 0) is 39.3 Å². The fourth-order valence-corrected chi connectivity index (χ4v) is 1.12. The Labute approximate surface area is 75.6 Å². The lowest BCUT2D eigenvalue weighted by atomic mass is 10.1. The van der Waals surface area contributed by atoms with Crippen LogP contribution >= 0.6 is 0 Å². The molecule has 0 rings (SSSR count). The third-order valence-electron chi connectivity index (χ3n) is 1.77. The summed E-state index contributed by atoms with van der Waals surface area (Å²) >= 11 is 0. The topological polar surface area (TPSA) is 38.4 Å². The van der Waals surface area contributed by atoms with Crippen molar-refractivity contribution in [1.29, 1.82) is 0 Å². The molecule has 1 unspecified atom stereocenters. The number of nitrogens with two attached hydrogens (primary N) is 1. The molecule has 0 saturated carbocycles. The first-order valence-corrected chi connectivity index (χ1v) is 4.58. The van der Waals surface area contributed by atoms with Gasteiger partial charge in [-0.1, -0.05) is 13.0 Å². The standard InChI is InChI=1S/C10H20N2/c1-4-12-10(3)8-6-5-7-9(2)11/h4,10H,2,5-8,11H2,1,3H3/b12-4-. The van der Waals surface area contributed by atoms with E-state index in [1.807, 2.05) is 13.1 Å². The number of allylic oxidation sites excluding steroid dienone is 1. The van der Waals surface area contributed by atoms with Gasteiger partial charge in [-0.15, -0.1) is 0 Å². The van der Waals surface area contributed by atoms with Crippen molar-refractivity contribution in [2.75, 3.05) is 0 Å². The highest BCUT2D eigenvalue weighted by Crippen LogP contribution is 2.07. The lowest BCUT2D eigenvalue weighted by molar-refractivity contribution is 0.598. The molecule has 0 aliphatic carbocycles. The molecule has 0 spiro atoms. The molecule has 0 aromatic carbocycles. The molecule has 2 heteroatoms. The number of aliphatic imine (C=N–C) groups is 1. The Hall–Kier alpha value is -0.790. The molecule has 12 heavy (non-hydrogen) atoms. The Morgan fingerprint density at radius 1 is 1.58 bits per heavy atom. The molecule has 70 valence electrons. The van der Waals surface area contributed by atoms with E-state index in [9.17, 15) is 0 Å². The van der Waals surface area contributed by atoms with E-state index >= 15 is 0 Å². The van der Waals surface area contributed by atoms with Crippen LogP contribution in [0.15, 0.2) is 17.3 Å². The second-order valence-corrected chi connectivity index (χ2v) is 3.16. The van der Waals surface area contributed by atoms with E-state index in [2.05, 4.69) is 18.5 Å². The van der Waals surface area contributed by atoms with Gasteiger partial charge in [0.25, 0.3) is 0 Å². The minimum absolute atomic E-state index is 0.459. The van der Waals surface area contributed by atoms with Gasteiger partial charge < -0.3 is 5.73 Å². The van der Waals surface area contributed by atoms with Crippen molar-refractivity contribution in [2.24, 2.45) is 10.7 Å². The van der Waals surface area contributed by atoms with Crippen LogP contribution in [0.1, 0.15) is 39.5 Å². The van der Waals surface area contributed by atoms with E-state index in [4.69, 9.17) is 5.73 Å².